The maximum absolute atomic E-state index is 15.0. The number of amides is 1. The number of thiazole rings is 1. The first-order chi connectivity index (χ1) is 18.3. The fraction of sp³-hybridized carbons (Fsp3) is 0.308. The van der Waals surface area contributed by atoms with E-state index in [4.69, 9.17) is 0 Å². The minimum absolute atomic E-state index is 0.0761. The molecular weight excluding hydrogens is 512 g/mol. The molecule has 1 saturated carbocycles. The van der Waals surface area contributed by atoms with Crippen molar-refractivity contribution < 1.29 is 18.7 Å². The van der Waals surface area contributed by atoms with Crippen LogP contribution in [-0.2, 0) is 0 Å². The number of halogens is 2. The lowest BCUT2D eigenvalue weighted by molar-refractivity contribution is 0.142. The maximum Gasteiger partial charge on any atom is 0.407 e. The first kappa shape index (κ1) is 24.1. The molecule has 2 fully saturated rings. The molecule has 1 aliphatic carbocycles. The van der Waals surface area contributed by atoms with Crippen LogP contribution in [0.4, 0.5) is 24.4 Å². The number of likely N-dealkylation sites (N-methyl/N-ethyl adjacent to an activating group) is 1. The minimum atomic E-state index is -0.945. The van der Waals surface area contributed by atoms with Crippen molar-refractivity contribution in [2.45, 2.75) is 18.4 Å². The number of nitrogens with zero attached hydrogens (tertiary/aromatic N) is 6. The number of benzene rings is 2. The third-order valence-corrected chi connectivity index (χ3v) is 8.35. The molecule has 6 rings (SSSR count). The fourth-order valence-corrected chi connectivity index (χ4v) is 6.01. The second kappa shape index (κ2) is 9.25. The summed E-state index contributed by atoms with van der Waals surface area (Å²) in [5.74, 6) is -0.699. The molecule has 1 saturated heterocycles. The smallest absolute Gasteiger partial charge is 0.407 e. The van der Waals surface area contributed by atoms with E-state index in [1.165, 1.54) is 34.4 Å². The van der Waals surface area contributed by atoms with E-state index in [-0.39, 0.29) is 23.3 Å². The molecule has 9 nitrogen and oxygen atoms in total. The zero-order valence-electron chi connectivity index (χ0n) is 20.4. The molecule has 12 heteroatoms. The molecule has 2 aliphatic rings. The van der Waals surface area contributed by atoms with E-state index in [0.29, 0.717) is 58.5 Å². The number of aromatic nitrogens is 3. The lowest BCUT2D eigenvalue weighted by Gasteiger charge is -2.34. The molecular formula is C26H23F2N7O2S. The molecule has 2 aromatic carbocycles. The van der Waals surface area contributed by atoms with E-state index in [1.807, 2.05) is 22.9 Å². The second-order valence-electron chi connectivity index (χ2n) is 9.53. The monoisotopic (exact) mass is 535 g/mol. The number of piperazine rings is 1. The number of nitriles is 1. The first-order valence-electron chi connectivity index (χ1n) is 12.1. The highest BCUT2D eigenvalue weighted by molar-refractivity contribution is 7.16. The summed E-state index contributed by atoms with van der Waals surface area (Å²) in [6.07, 6.45) is -0.135. The van der Waals surface area contributed by atoms with Crippen LogP contribution in [0, 0.1) is 23.0 Å². The number of hydrogen-bond acceptors (Lipinski definition) is 7. The highest BCUT2D eigenvalue weighted by Gasteiger charge is 2.45. The van der Waals surface area contributed by atoms with Gasteiger partial charge in [-0.15, -0.1) is 0 Å². The standard InChI is InChI=1S/C26H23F2N7O2S/c1-33(25-30-22(21(13-29)38-25)14-2-4-15(27)5-3-14)20-12-17(20)23-18-10-16(11-19(28)24(18)32-31-23)34-6-8-35(9-7-34)26(36)37/h2-5,10-11,17,20H,6-9,12H2,1H3,(H,31,32)(H,36,37). The van der Waals surface area contributed by atoms with Gasteiger partial charge in [0.1, 0.15) is 28.0 Å². The Labute approximate surface area is 220 Å². The fourth-order valence-electron chi connectivity index (χ4n) is 5.10. The molecule has 3 heterocycles. The van der Waals surface area contributed by atoms with Gasteiger partial charge < -0.3 is 19.8 Å². The van der Waals surface area contributed by atoms with Gasteiger partial charge in [-0.1, -0.05) is 11.3 Å². The van der Waals surface area contributed by atoms with Gasteiger partial charge in [-0.2, -0.15) is 10.4 Å². The van der Waals surface area contributed by atoms with E-state index in [0.717, 1.165) is 12.1 Å². The summed E-state index contributed by atoms with van der Waals surface area (Å²) in [6.45, 7) is 1.70. The van der Waals surface area contributed by atoms with Gasteiger partial charge in [0.25, 0.3) is 0 Å². The number of nitrogens with one attached hydrogen (secondary N) is 1. The van der Waals surface area contributed by atoms with Gasteiger partial charge in [-0.25, -0.2) is 18.6 Å². The first-order valence-corrected chi connectivity index (χ1v) is 13.0. The Morgan fingerprint density at radius 2 is 1.95 bits per heavy atom. The molecule has 0 spiro atoms. The Morgan fingerprint density at radius 1 is 1.21 bits per heavy atom. The lowest BCUT2D eigenvalue weighted by atomic mass is 10.1. The Balaban J connectivity index is 1.24. The molecule has 1 amide bonds. The molecule has 2 atom stereocenters. The normalized spacial score (nSPS) is 19.0. The number of anilines is 2. The van der Waals surface area contributed by atoms with E-state index >= 15 is 4.39 Å². The summed E-state index contributed by atoms with van der Waals surface area (Å²) < 4.78 is 28.4. The van der Waals surface area contributed by atoms with Gasteiger partial charge in [0.2, 0.25) is 0 Å². The topological polar surface area (TPSA) is 112 Å². The van der Waals surface area contributed by atoms with Crippen LogP contribution < -0.4 is 9.80 Å². The molecule has 38 heavy (non-hydrogen) atoms. The van der Waals surface area contributed by atoms with E-state index in [9.17, 15) is 19.6 Å². The SMILES string of the molecule is CN(c1nc(-c2ccc(F)cc2)c(C#N)s1)C1CC1c1[nH]nc2c(F)cc(N3CCN(C(=O)O)CC3)cc12. The van der Waals surface area contributed by atoms with Crippen molar-refractivity contribution in [3.05, 3.63) is 58.6 Å². The van der Waals surface area contributed by atoms with Crippen LogP contribution in [0.3, 0.4) is 0 Å². The number of rotatable bonds is 5. The van der Waals surface area contributed by atoms with Crippen molar-refractivity contribution in [3.8, 4) is 17.3 Å². The average Bonchev–Trinajstić information content (AvgIpc) is 3.39. The van der Waals surface area contributed by atoms with Crippen molar-refractivity contribution in [1.29, 1.82) is 5.26 Å². The molecule has 1 aliphatic heterocycles. The number of aromatic amines is 1. The Morgan fingerprint density at radius 3 is 2.63 bits per heavy atom. The number of hydrogen-bond donors (Lipinski definition) is 2. The zero-order valence-corrected chi connectivity index (χ0v) is 21.2. The number of H-pyrrole nitrogens is 1. The second-order valence-corrected chi connectivity index (χ2v) is 10.5. The Kier molecular flexibility index (Phi) is 5.87. The molecule has 2 N–H and O–H groups in total. The molecule has 2 unspecified atom stereocenters. The van der Waals surface area contributed by atoms with Crippen molar-refractivity contribution in [2.24, 2.45) is 0 Å². The van der Waals surface area contributed by atoms with Gasteiger partial charge in [-0.3, -0.25) is 5.10 Å². The summed E-state index contributed by atoms with van der Waals surface area (Å²) in [6, 6.07) is 11.6. The Hall–Kier alpha value is -4.24. The highest BCUT2D eigenvalue weighted by atomic mass is 32.1. The molecule has 0 radical (unpaired) electrons. The van der Waals surface area contributed by atoms with Crippen LogP contribution in [0.2, 0.25) is 0 Å². The van der Waals surface area contributed by atoms with E-state index in [2.05, 4.69) is 21.3 Å². The summed E-state index contributed by atoms with van der Waals surface area (Å²) in [4.78, 5) is 21.7. The van der Waals surface area contributed by atoms with Gasteiger partial charge >= 0.3 is 6.09 Å². The van der Waals surface area contributed by atoms with Crippen molar-refractivity contribution in [1.82, 2.24) is 20.1 Å². The van der Waals surface area contributed by atoms with E-state index < -0.39 is 11.9 Å². The summed E-state index contributed by atoms with van der Waals surface area (Å²) >= 11 is 1.29. The van der Waals surface area contributed by atoms with Crippen molar-refractivity contribution >= 4 is 39.2 Å². The van der Waals surface area contributed by atoms with E-state index in [1.54, 1.807) is 12.1 Å². The highest BCUT2D eigenvalue weighted by Crippen LogP contribution is 2.48. The molecule has 4 aromatic rings. The third kappa shape index (κ3) is 4.18. The number of carboxylic acid groups (broad SMARTS) is 1. The zero-order chi connectivity index (χ0) is 26.6. The number of fused-ring (bicyclic) bond motifs is 1. The average molecular weight is 536 g/mol. The maximum atomic E-state index is 15.0. The quantitative estimate of drug-likeness (QED) is 0.383. The lowest BCUT2D eigenvalue weighted by Crippen LogP contribution is -2.48. The van der Waals surface area contributed by atoms with Gasteiger partial charge in [0.15, 0.2) is 10.9 Å². The Bertz CT molecular complexity index is 1570. The van der Waals surface area contributed by atoms with Gasteiger partial charge in [0, 0.05) is 67.5 Å². The van der Waals surface area contributed by atoms with Crippen LogP contribution in [0.1, 0.15) is 22.9 Å². The van der Waals surface area contributed by atoms with Crippen LogP contribution in [-0.4, -0.2) is 70.5 Å². The predicted octanol–water partition coefficient (Wildman–Crippen LogP) is 4.63. The van der Waals surface area contributed by atoms with Crippen molar-refractivity contribution in [2.75, 3.05) is 43.0 Å². The summed E-state index contributed by atoms with van der Waals surface area (Å²) in [5.41, 5.74) is 3.03. The van der Waals surface area contributed by atoms with Crippen molar-refractivity contribution in [3.63, 3.8) is 0 Å². The largest absolute Gasteiger partial charge is 0.465 e. The number of carbonyl (C=O) groups is 1. The summed E-state index contributed by atoms with van der Waals surface area (Å²) in [7, 11) is 1.92. The minimum Gasteiger partial charge on any atom is -0.465 e. The van der Waals surface area contributed by atoms with Gasteiger partial charge in [-0.05, 0) is 42.8 Å². The summed E-state index contributed by atoms with van der Waals surface area (Å²) in [5, 5.41) is 27.5. The van der Waals surface area contributed by atoms with Crippen LogP contribution in [0.5, 0.6) is 0 Å². The third-order valence-electron chi connectivity index (χ3n) is 7.30. The molecule has 0 bridgehead atoms. The predicted molar refractivity (Wildman–Crippen MR) is 140 cm³/mol. The molecule has 194 valence electrons. The van der Waals surface area contributed by atoms with Crippen LogP contribution in [0.25, 0.3) is 22.2 Å². The van der Waals surface area contributed by atoms with Crippen LogP contribution >= 0.6 is 11.3 Å². The van der Waals surface area contributed by atoms with Crippen LogP contribution in [0.15, 0.2) is 36.4 Å². The van der Waals surface area contributed by atoms with Gasteiger partial charge in [0.05, 0.1) is 0 Å². The molecule has 2 aromatic heterocycles.